The summed E-state index contributed by atoms with van der Waals surface area (Å²) in [7, 11) is 0. The third kappa shape index (κ3) is 3.71. The monoisotopic (exact) mass is 353 g/mol. The summed E-state index contributed by atoms with van der Waals surface area (Å²) < 4.78 is 1.50. The van der Waals surface area contributed by atoms with Gasteiger partial charge in [-0.1, -0.05) is 23.2 Å². The zero-order valence-corrected chi connectivity index (χ0v) is 14.1. The second-order valence-electron chi connectivity index (χ2n) is 6.04. The molecule has 1 fully saturated rings. The number of rotatable bonds is 6. The first-order chi connectivity index (χ1) is 9.57. The molecule has 0 aliphatic heterocycles. The Hall–Kier alpha value is -0.330. The minimum absolute atomic E-state index is 0.0424. The average molecular weight is 355 g/mol. The van der Waals surface area contributed by atoms with Crippen molar-refractivity contribution in [3.8, 4) is 0 Å². The maximum Gasteiger partial charge on any atom is 0.137 e. The van der Waals surface area contributed by atoms with Crippen LogP contribution in [0.15, 0.2) is 22.7 Å². The molecule has 0 amide bonds. The number of hydrogen-bond donors (Lipinski definition) is 2. The lowest BCUT2D eigenvalue weighted by Crippen LogP contribution is -2.45. The van der Waals surface area contributed by atoms with E-state index in [4.69, 9.17) is 34.8 Å². The molecular weight excluding hydrogens is 337 g/mol. The van der Waals surface area contributed by atoms with Crippen molar-refractivity contribution < 1.29 is 10.2 Å². The van der Waals surface area contributed by atoms with Crippen LogP contribution in [-0.2, 0) is 6.54 Å². The number of aliphatic hydroxyl groups is 2. The lowest BCUT2D eigenvalue weighted by Gasteiger charge is -2.33. The molecule has 0 saturated heterocycles. The Morgan fingerprint density at radius 1 is 1.33 bits per heavy atom. The smallest absolute Gasteiger partial charge is 0.137 e. The van der Waals surface area contributed by atoms with E-state index in [0.717, 1.165) is 0 Å². The highest BCUT2D eigenvalue weighted by molar-refractivity contribution is 6.39. The Morgan fingerprint density at radius 3 is 2.38 bits per heavy atom. The molecule has 1 saturated carbocycles. The highest BCUT2D eigenvalue weighted by Crippen LogP contribution is 2.54. The van der Waals surface area contributed by atoms with E-state index in [1.54, 1.807) is 0 Å². The van der Waals surface area contributed by atoms with Crippen molar-refractivity contribution in [3.63, 3.8) is 0 Å². The van der Waals surface area contributed by atoms with Crippen LogP contribution in [0.5, 0.6) is 0 Å². The van der Waals surface area contributed by atoms with Gasteiger partial charge in [-0.2, -0.15) is 5.10 Å². The van der Waals surface area contributed by atoms with Crippen LogP contribution in [0.4, 0.5) is 0 Å². The summed E-state index contributed by atoms with van der Waals surface area (Å²) in [6.07, 6.45) is 4.30. The van der Waals surface area contributed by atoms with Crippen LogP contribution in [0.3, 0.4) is 0 Å². The van der Waals surface area contributed by atoms with E-state index in [1.165, 1.54) is 31.2 Å². The van der Waals surface area contributed by atoms with Crippen molar-refractivity contribution in [3.05, 3.63) is 22.7 Å². The highest BCUT2D eigenvalue weighted by Gasteiger charge is 2.58. The average Bonchev–Trinajstić information content (AvgIpc) is 2.93. The van der Waals surface area contributed by atoms with Gasteiger partial charge in [0.1, 0.15) is 18.3 Å². The van der Waals surface area contributed by atoms with Crippen LogP contribution in [0.25, 0.3) is 0 Å². The van der Waals surface area contributed by atoms with Gasteiger partial charge in [-0.15, -0.1) is 11.6 Å². The lowest BCUT2D eigenvalue weighted by atomic mass is 9.91. The van der Waals surface area contributed by atoms with E-state index < -0.39 is 16.1 Å². The first-order valence-electron chi connectivity index (χ1n) is 6.58. The molecule has 1 aliphatic carbocycles. The molecule has 8 heteroatoms. The Balaban J connectivity index is 2.26. The minimum atomic E-state index is -1.31. The molecule has 21 heavy (non-hydrogen) atoms. The summed E-state index contributed by atoms with van der Waals surface area (Å²) in [6.45, 7) is 3.21. The predicted octanol–water partition coefficient (Wildman–Crippen LogP) is 2.63. The zero-order chi connectivity index (χ0) is 15.9. The van der Waals surface area contributed by atoms with Gasteiger partial charge in [0.25, 0.3) is 0 Å². The summed E-state index contributed by atoms with van der Waals surface area (Å²) in [6, 6.07) is 0. The predicted molar refractivity (Wildman–Crippen MR) is 82.4 cm³/mol. The molecule has 5 nitrogen and oxygen atoms in total. The van der Waals surface area contributed by atoms with Gasteiger partial charge in [0.15, 0.2) is 0 Å². The topological polar surface area (TPSA) is 71.2 Å². The maximum atomic E-state index is 11.0. The van der Waals surface area contributed by atoms with Gasteiger partial charge in [0.05, 0.1) is 22.1 Å². The second-order valence-corrected chi connectivity index (χ2v) is 7.60. The first kappa shape index (κ1) is 17.0. The Kier molecular flexibility index (Phi) is 4.63. The summed E-state index contributed by atoms with van der Waals surface area (Å²) in [5.74, 6) is 0. The second kappa shape index (κ2) is 5.70. The number of nitrogens with zero attached hydrogens (tertiary/aromatic N) is 3. The molecule has 0 radical (unpaired) electrons. The highest BCUT2D eigenvalue weighted by atomic mass is 35.5. The lowest BCUT2D eigenvalue weighted by molar-refractivity contribution is 0.00861. The normalized spacial score (nSPS) is 21.7. The van der Waals surface area contributed by atoms with Crippen LogP contribution in [-0.4, -0.2) is 41.1 Å². The van der Waals surface area contributed by atoms with E-state index in [2.05, 4.69) is 10.1 Å². The molecule has 1 heterocycles. The molecule has 2 rings (SSSR count). The standard InChI is InChI=1S/C13H18Cl3N3O2/c1-11(2,20)10(15)9(14)5-13(21,12(16)3-4-12)6-19-8-17-7-18-19/h7-8,20-21H,3-6H2,1-2H3. The van der Waals surface area contributed by atoms with Gasteiger partial charge in [0, 0.05) is 11.5 Å². The van der Waals surface area contributed by atoms with Crippen LogP contribution in [0, 0.1) is 0 Å². The molecule has 2 N–H and O–H groups in total. The van der Waals surface area contributed by atoms with Gasteiger partial charge in [-0.25, -0.2) is 9.67 Å². The summed E-state index contributed by atoms with van der Waals surface area (Å²) in [5.41, 5.74) is -2.58. The Morgan fingerprint density at radius 2 is 1.95 bits per heavy atom. The molecule has 1 unspecified atom stereocenters. The number of aromatic nitrogens is 3. The molecule has 1 aromatic rings. The summed E-state index contributed by atoms with van der Waals surface area (Å²) >= 11 is 18.7. The fourth-order valence-corrected chi connectivity index (χ4v) is 2.92. The zero-order valence-electron chi connectivity index (χ0n) is 11.9. The first-order valence-corrected chi connectivity index (χ1v) is 7.71. The van der Waals surface area contributed by atoms with Crippen molar-refractivity contribution in [2.75, 3.05) is 0 Å². The van der Waals surface area contributed by atoms with Gasteiger partial charge >= 0.3 is 0 Å². The van der Waals surface area contributed by atoms with Crippen molar-refractivity contribution in [2.24, 2.45) is 0 Å². The quantitative estimate of drug-likeness (QED) is 0.770. The molecule has 0 bridgehead atoms. The van der Waals surface area contributed by atoms with Gasteiger partial charge in [0.2, 0.25) is 0 Å². The Bertz CT molecular complexity index is 535. The molecule has 1 aromatic heterocycles. The van der Waals surface area contributed by atoms with Crippen molar-refractivity contribution in [1.82, 2.24) is 14.8 Å². The molecule has 118 valence electrons. The van der Waals surface area contributed by atoms with Gasteiger partial charge in [-0.3, -0.25) is 0 Å². The number of hydrogen-bond acceptors (Lipinski definition) is 4. The molecule has 1 atom stereocenters. The van der Waals surface area contributed by atoms with E-state index in [0.29, 0.717) is 12.8 Å². The number of alkyl halides is 1. The van der Waals surface area contributed by atoms with Crippen LogP contribution < -0.4 is 0 Å². The fourth-order valence-electron chi connectivity index (χ4n) is 2.18. The molecule has 1 aliphatic rings. The van der Waals surface area contributed by atoms with Crippen LogP contribution in [0.1, 0.15) is 33.1 Å². The van der Waals surface area contributed by atoms with E-state index in [1.807, 2.05) is 0 Å². The van der Waals surface area contributed by atoms with Gasteiger partial charge in [-0.05, 0) is 26.7 Å². The summed E-state index contributed by atoms with van der Waals surface area (Å²) in [5, 5.41) is 25.2. The minimum Gasteiger partial charge on any atom is -0.386 e. The van der Waals surface area contributed by atoms with E-state index in [9.17, 15) is 10.2 Å². The molecule has 0 aromatic carbocycles. The van der Waals surface area contributed by atoms with Crippen molar-refractivity contribution in [2.45, 2.75) is 55.7 Å². The number of halogens is 3. The van der Waals surface area contributed by atoms with E-state index in [-0.39, 0.29) is 23.0 Å². The third-order valence-electron chi connectivity index (χ3n) is 3.64. The molecule has 0 spiro atoms. The summed E-state index contributed by atoms with van der Waals surface area (Å²) in [4.78, 5) is 3.09. The maximum absolute atomic E-state index is 11.0. The third-order valence-corrected chi connectivity index (χ3v) is 5.48. The molecular formula is C13H18Cl3N3O2. The van der Waals surface area contributed by atoms with Gasteiger partial charge < -0.3 is 10.2 Å². The van der Waals surface area contributed by atoms with Crippen molar-refractivity contribution in [1.29, 1.82) is 0 Å². The largest absolute Gasteiger partial charge is 0.386 e. The Labute approximate surface area is 138 Å². The SMILES string of the molecule is CC(C)(O)C(Cl)=C(Cl)CC(O)(Cn1cncn1)C1(Cl)CC1. The van der Waals surface area contributed by atoms with Crippen molar-refractivity contribution >= 4 is 34.8 Å². The van der Waals surface area contributed by atoms with E-state index >= 15 is 0 Å². The van der Waals surface area contributed by atoms with Crippen LogP contribution in [0.2, 0.25) is 0 Å². The van der Waals surface area contributed by atoms with Crippen LogP contribution >= 0.6 is 34.8 Å². The fraction of sp³-hybridized carbons (Fsp3) is 0.692.